The van der Waals surface area contributed by atoms with E-state index in [0.717, 1.165) is 12.1 Å². The molecule has 0 bridgehead atoms. The number of alkyl halides is 2. The maximum absolute atomic E-state index is 13.1. The highest BCUT2D eigenvalue weighted by atomic mass is 35.5. The van der Waals surface area contributed by atoms with Crippen molar-refractivity contribution in [3.63, 3.8) is 0 Å². The van der Waals surface area contributed by atoms with Crippen molar-refractivity contribution in [2.24, 2.45) is 5.92 Å². The molecular formula is C10H7ClF3NO3. The Labute approximate surface area is 104 Å². The number of halogens is 4. The van der Waals surface area contributed by atoms with Crippen molar-refractivity contribution in [3.8, 4) is 5.75 Å². The molecule has 1 aliphatic carbocycles. The first-order valence-corrected chi connectivity index (χ1v) is 5.33. The van der Waals surface area contributed by atoms with Crippen LogP contribution in [0.4, 0.5) is 18.9 Å². The fourth-order valence-electron chi connectivity index (χ4n) is 1.41. The van der Waals surface area contributed by atoms with E-state index in [0.29, 0.717) is 0 Å². The van der Waals surface area contributed by atoms with E-state index in [-0.39, 0.29) is 23.8 Å². The number of hydrogen-bond acceptors (Lipinski definition) is 3. The Hall–Kier alpha value is -1.50. The van der Waals surface area contributed by atoms with Crippen LogP contribution in [0.1, 0.15) is 6.42 Å². The van der Waals surface area contributed by atoms with Gasteiger partial charge in [-0.25, -0.2) is 8.78 Å². The van der Waals surface area contributed by atoms with Crippen LogP contribution in [-0.4, -0.2) is 17.5 Å². The normalized spacial score (nSPS) is 20.6. The monoisotopic (exact) mass is 281 g/mol. The standard InChI is InChI=1S/C10H7ClF3NO3/c11-6-1-7(12)8(15(16)17)2-9(6)18-4-5-3-10(5,13)14/h1-2,5H,3-4H2. The molecule has 0 radical (unpaired) electrons. The van der Waals surface area contributed by atoms with Crippen LogP contribution in [0.25, 0.3) is 0 Å². The predicted molar refractivity (Wildman–Crippen MR) is 56.6 cm³/mol. The average Bonchev–Trinajstić information content (AvgIpc) is 2.84. The predicted octanol–water partition coefficient (Wildman–Crippen LogP) is 3.42. The summed E-state index contributed by atoms with van der Waals surface area (Å²) in [5.74, 6) is -4.95. The first kappa shape index (κ1) is 12.9. The second-order valence-electron chi connectivity index (χ2n) is 3.96. The summed E-state index contributed by atoms with van der Waals surface area (Å²) in [5.41, 5.74) is -0.808. The fourth-order valence-corrected chi connectivity index (χ4v) is 1.61. The summed E-state index contributed by atoms with van der Waals surface area (Å²) in [6.07, 6.45) is -0.284. The summed E-state index contributed by atoms with van der Waals surface area (Å²) in [7, 11) is 0. The van der Waals surface area contributed by atoms with Gasteiger partial charge in [0.1, 0.15) is 5.75 Å². The third kappa shape index (κ3) is 2.50. The van der Waals surface area contributed by atoms with Gasteiger partial charge in [0.25, 0.3) is 5.92 Å². The molecule has 1 aromatic rings. The van der Waals surface area contributed by atoms with Crippen molar-refractivity contribution >= 4 is 17.3 Å². The first-order chi connectivity index (χ1) is 8.31. The van der Waals surface area contributed by atoms with Gasteiger partial charge in [-0.2, -0.15) is 4.39 Å². The van der Waals surface area contributed by atoms with Gasteiger partial charge >= 0.3 is 5.69 Å². The Morgan fingerprint density at radius 1 is 1.56 bits per heavy atom. The average molecular weight is 282 g/mol. The SMILES string of the molecule is O=[N+]([O-])c1cc(OCC2CC2(F)F)c(Cl)cc1F. The molecule has 0 heterocycles. The first-order valence-electron chi connectivity index (χ1n) is 4.95. The summed E-state index contributed by atoms with van der Waals surface area (Å²) in [5, 5.41) is 10.3. The smallest absolute Gasteiger partial charge is 0.308 e. The molecule has 0 spiro atoms. The van der Waals surface area contributed by atoms with Gasteiger partial charge in [-0.1, -0.05) is 11.6 Å². The van der Waals surface area contributed by atoms with Crippen LogP contribution in [0, 0.1) is 21.8 Å². The minimum absolute atomic E-state index is 0.174. The minimum atomic E-state index is -2.75. The fraction of sp³-hybridized carbons (Fsp3) is 0.400. The molecule has 1 fully saturated rings. The van der Waals surface area contributed by atoms with Gasteiger partial charge in [-0.15, -0.1) is 0 Å². The highest BCUT2D eigenvalue weighted by Gasteiger charge is 2.57. The van der Waals surface area contributed by atoms with Crippen LogP contribution in [0.5, 0.6) is 5.75 Å². The van der Waals surface area contributed by atoms with E-state index >= 15 is 0 Å². The number of hydrogen-bond donors (Lipinski definition) is 0. The Bertz CT molecular complexity index is 509. The molecule has 4 nitrogen and oxygen atoms in total. The molecule has 18 heavy (non-hydrogen) atoms. The van der Waals surface area contributed by atoms with Gasteiger partial charge in [-0.05, 0) is 0 Å². The summed E-state index contributed by atoms with van der Waals surface area (Å²) < 4.78 is 43.3. The van der Waals surface area contributed by atoms with Gasteiger partial charge in [0.15, 0.2) is 0 Å². The lowest BCUT2D eigenvalue weighted by atomic mass is 10.3. The van der Waals surface area contributed by atoms with Crippen LogP contribution in [0.3, 0.4) is 0 Å². The van der Waals surface area contributed by atoms with Gasteiger partial charge in [0.2, 0.25) is 5.82 Å². The molecule has 0 amide bonds. The summed E-state index contributed by atoms with van der Waals surface area (Å²) in [6.45, 7) is -0.310. The van der Waals surface area contributed by atoms with Gasteiger partial charge in [0.05, 0.1) is 28.5 Å². The second-order valence-corrected chi connectivity index (χ2v) is 4.37. The Balaban J connectivity index is 2.12. The van der Waals surface area contributed by atoms with E-state index in [1.54, 1.807) is 0 Å². The Morgan fingerprint density at radius 3 is 2.67 bits per heavy atom. The molecule has 0 aliphatic heterocycles. The molecule has 1 aromatic carbocycles. The Kier molecular flexibility index (Phi) is 3.10. The molecule has 1 unspecified atom stereocenters. The van der Waals surface area contributed by atoms with Crippen molar-refractivity contribution in [2.75, 3.05) is 6.61 Å². The van der Waals surface area contributed by atoms with Gasteiger partial charge in [0, 0.05) is 12.5 Å². The maximum Gasteiger partial charge on any atom is 0.308 e. The van der Waals surface area contributed by atoms with E-state index in [2.05, 4.69) is 0 Å². The molecular weight excluding hydrogens is 275 g/mol. The van der Waals surface area contributed by atoms with Crippen molar-refractivity contribution in [2.45, 2.75) is 12.3 Å². The second kappa shape index (κ2) is 4.31. The highest BCUT2D eigenvalue weighted by molar-refractivity contribution is 6.32. The highest BCUT2D eigenvalue weighted by Crippen LogP contribution is 2.48. The number of nitro benzene ring substituents is 1. The van der Waals surface area contributed by atoms with E-state index < -0.39 is 28.3 Å². The molecule has 8 heteroatoms. The molecule has 0 N–H and O–H groups in total. The van der Waals surface area contributed by atoms with Gasteiger partial charge < -0.3 is 4.74 Å². The molecule has 1 aliphatic rings. The third-order valence-corrected chi connectivity index (χ3v) is 2.89. The van der Waals surface area contributed by atoms with Crippen LogP contribution in [0.2, 0.25) is 5.02 Å². The van der Waals surface area contributed by atoms with Crippen LogP contribution < -0.4 is 4.74 Å². The molecule has 98 valence electrons. The molecule has 0 saturated heterocycles. The lowest BCUT2D eigenvalue weighted by molar-refractivity contribution is -0.387. The largest absolute Gasteiger partial charge is 0.491 e. The van der Waals surface area contributed by atoms with Crippen LogP contribution in [0.15, 0.2) is 12.1 Å². The van der Waals surface area contributed by atoms with E-state index in [4.69, 9.17) is 16.3 Å². The number of benzene rings is 1. The number of rotatable bonds is 4. The van der Waals surface area contributed by atoms with Crippen LogP contribution >= 0.6 is 11.6 Å². The van der Waals surface area contributed by atoms with Crippen LogP contribution in [-0.2, 0) is 0 Å². The minimum Gasteiger partial charge on any atom is -0.491 e. The molecule has 2 rings (SSSR count). The van der Waals surface area contributed by atoms with E-state index in [1.807, 2.05) is 0 Å². The van der Waals surface area contributed by atoms with E-state index in [9.17, 15) is 23.3 Å². The summed E-state index contributed by atoms with van der Waals surface area (Å²) in [4.78, 5) is 9.55. The lowest BCUT2D eigenvalue weighted by Gasteiger charge is -2.07. The van der Waals surface area contributed by atoms with Crippen molar-refractivity contribution in [1.82, 2.24) is 0 Å². The molecule has 0 aromatic heterocycles. The number of ether oxygens (including phenoxy) is 1. The quantitative estimate of drug-likeness (QED) is 0.627. The zero-order valence-electron chi connectivity index (χ0n) is 8.83. The topological polar surface area (TPSA) is 52.4 Å². The van der Waals surface area contributed by atoms with Crippen molar-refractivity contribution in [3.05, 3.63) is 33.1 Å². The van der Waals surface area contributed by atoms with Crippen molar-refractivity contribution in [1.29, 1.82) is 0 Å². The molecule has 1 saturated carbocycles. The number of nitro groups is 1. The summed E-state index contributed by atoms with van der Waals surface area (Å²) >= 11 is 5.61. The lowest BCUT2D eigenvalue weighted by Crippen LogP contribution is -2.06. The summed E-state index contributed by atoms with van der Waals surface area (Å²) in [6, 6.07) is 1.51. The Morgan fingerprint density at radius 2 is 2.17 bits per heavy atom. The van der Waals surface area contributed by atoms with Gasteiger partial charge in [-0.3, -0.25) is 10.1 Å². The number of nitrogens with zero attached hydrogens (tertiary/aromatic N) is 1. The maximum atomic E-state index is 13.1. The zero-order valence-corrected chi connectivity index (χ0v) is 9.59. The third-order valence-electron chi connectivity index (χ3n) is 2.59. The zero-order chi connectivity index (χ0) is 13.5. The molecule has 1 atom stereocenters. The van der Waals surface area contributed by atoms with Crippen molar-refractivity contribution < 1.29 is 22.8 Å². The van der Waals surface area contributed by atoms with E-state index in [1.165, 1.54) is 0 Å².